The van der Waals surface area contributed by atoms with E-state index in [1.807, 2.05) is 0 Å². The third kappa shape index (κ3) is 3.37. The maximum atomic E-state index is 12.0. The van der Waals surface area contributed by atoms with Crippen LogP contribution in [0.1, 0.15) is 18.7 Å². The maximum Gasteiger partial charge on any atom is 0.309 e. The topological polar surface area (TPSA) is 110 Å². The molecule has 0 aliphatic rings. The Morgan fingerprint density at radius 2 is 2.25 bits per heavy atom. The third-order valence-electron chi connectivity index (χ3n) is 2.64. The molecule has 2 aromatic heterocycles. The molecule has 0 aromatic carbocycles. The second-order valence-electron chi connectivity index (χ2n) is 4.15. The van der Waals surface area contributed by atoms with E-state index < -0.39 is 12.0 Å². The van der Waals surface area contributed by atoms with Crippen molar-refractivity contribution >= 4 is 17.6 Å². The molecule has 2 heterocycles. The lowest BCUT2D eigenvalue weighted by Crippen LogP contribution is -2.24. The van der Waals surface area contributed by atoms with Crippen LogP contribution in [0.3, 0.4) is 0 Å². The van der Waals surface area contributed by atoms with Crippen LogP contribution >= 0.6 is 0 Å². The second kappa shape index (κ2) is 5.91. The Morgan fingerprint density at radius 3 is 2.80 bits per heavy atom. The fourth-order valence-corrected chi connectivity index (χ4v) is 1.54. The molecule has 1 unspecified atom stereocenters. The van der Waals surface area contributed by atoms with Crippen molar-refractivity contribution in [3.05, 3.63) is 36.7 Å². The van der Waals surface area contributed by atoms with Gasteiger partial charge in [-0.05, 0) is 19.1 Å². The summed E-state index contributed by atoms with van der Waals surface area (Å²) in [5.74, 6) is -1.21. The van der Waals surface area contributed by atoms with Crippen molar-refractivity contribution in [1.29, 1.82) is 0 Å². The maximum absolute atomic E-state index is 12.0. The van der Waals surface area contributed by atoms with Gasteiger partial charge in [-0.3, -0.25) is 14.6 Å². The van der Waals surface area contributed by atoms with E-state index in [0.29, 0.717) is 11.4 Å². The van der Waals surface area contributed by atoms with E-state index in [2.05, 4.69) is 20.4 Å². The van der Waals surface area contributed by atoms with Crippen LogP contribution in [0.25, 0.3) is 0 Å². The van der Waals surface area contributed by atoms with Gasteiger partial charge in [0.2, 0.25) is 5.91 Å². The van der Waals surface area contributed by atoms with Gasteiger partial charge < -0.3 is 10.4 Å². The smallest absolute Gasteiger partial charge is 0.309 e. The van der Waals surface area contributed by atoms with Crippen LogP contribution in [0.2, 0.25) is 0 Å². The van der Waals surface area contributed by atoms with Crippen LogP contribution in [0.4, 0.5) is 5.69 Å². The van der Waals surface area contributed by atoms with Gasteiger partial charge in [-0.15, -0.1) is 0 Å². The van der Waals surface area contributed by atoms with Crippen LogP contribution < -0.4 is 5.32 Å². The van der Waals surface area contributed by atoms with E-state index in [1.165, 1.54) is 23.5 Å². The summed E-state index contributed by atoms with van der Waals surface area (Å²) in [5, 5.41) is 15.2. The summed E-state index contributed by atoms with van der Waals surface area (Å²) in [4.78, 5) is 30.2. The lowest BCUT2D eigenvalue weighted by Gasteiger charge is -2.11. The molecule has 0 aliphatic heterocycles. The Labute approximate surface area is 114 Å². The molecule has 2 rings (SSSR count). The van der Waals surface area contributed by atoms with E-state index in [1.54, 1.807) is 19.1 Å². The van der Waals surface area contributed by atoms with E-state index in [0.717, 1.165) is 0 Å². The number of aliphatic carboxylic acids is 1. The molecule has 0 saturated carbocycles. The van der Waals surface area contributed by atoms with Crippen molar-refractivity contribution in [3.8, 4) is 0 Å². The summed E-state index contributed by atoms with van der Waals surface area (Å²) in [7, 11) is 0. The highest BCUT2D eigenvalue weighted by Crippen LogP contribution is 2.10. The average molecular weight is 275 g/mol. The van der Waals surface area contributed by atoms with Gasteiger partial charge in [0.1, 0.15) is 18.7 Å². The summed E-state index contributed by atoms with van der Waals surface area (Å²) in [6.07, 6.45) is 4.08. The highest BCUT2D eigenvalue weighted by molar-refractivity contribution is 5.93. The number of anilines is 1. The molecule has 8 heteroatoms. The summed E-state index contributed by atoms with van der Waals surface area (Å²) in [6.45, 7) is 1.69. The molecular formula is C12H13N5O3. The van der Waals surface area contributed by atoms with Crippen molar-refractivity contribution in [2.45, 2.75) is 19.4 Å². The Morgan fingerprint density at radius 1 is 1.45 bits per heavy atom. The van der Waals surface area contributed by atoms with E-state index >= 15 is 0 Å². The SMILES string of the molecule is CC(C(=O)Nc1ccc(CC(=O)O)nc1)n1cncn1. The van der Waals surface area contributed by atoms with Crippen molar-refractivity contribution in [2.24, 2.45) is 0 Å². The predicted molar refractivity (Wildman–Crippen MR) is 68.9 cm³/mol. The van der Waals surface area contributed by atoms with Crippen molar-refractivity contribution in [1.82, 2.24) is 19.7 Å². The molecule has 0 aliphatic carbocycles. The fourth-order valence-electron chi connectivity index (χ4n) is 1.54. The zero-order chi connectivity index (χ0) is 14.5. The average Bonchev–Trinajstić information content (AvgIpc) is 2.93. The monoisotopic (exact) mass is 275 g/mol. The summed E-state index contributed by atoms with van der Waals surface area (Å²) >= 11 is 0. The first-order chi connectivity index (χ1) is 9.56. The zero-order valence-electron chi connectivity index (χ0n) is 10.7. The Bertz CT molecular complexity index is 594. The Kier molecular flexibility index (Phi) is 4.04. The standard InChI is InChI=1S/C12H13N5O3/c1-8(17-7-13-6-15-17)12(20)16-10-3-2-9(14-5-10)4-11(18)19/h2-3,5-8H,4H2,1H3,(H,16,20)(H,18,19). The van der Waals surface area contributed by atoms with E-state index in [-0.39, 0.29) is 12.3 Å². The molecule has 1 atom stereocenters. The minimum atomic E-state index is -0.950. The normalized spacial score (nSPS) is 11.8. The summed E-state index contributed by atoms with van der Waals surface area (Å²) in [5.41, 5.74) is 0.927. The first-order valence-electron chi connectivity index (χ1n) is 5.88. The molecule has 0 saturated heterocycles. The van der Waals surface area contributed by atoms with Gasteiger partial charge in [0.25, 0.3) is 0 Å². The molecule has 0 bridgehead atoms. The number of hydrogen-bond acceptors (Lipinski definition) is 5. The number of pyridine rings is 1. The molecule has 8 nitrogen and oxygen atoms in total. The van der Waals surface area contributed by atoms with Crippen LogP contribution in [0, 0.1) is 0 Å². The molecule has 1 amide bonds. The van der Waals surface area contributed by atoms with Gasteiger partial charge in [0.15, 0.2) is 0 Å². The number of amides is 1. The zero-order valence-corrected chi connectivity index (χ0v) is 10.7. The summed E-state index contributed by atoms with van der Waals surface area (Å²) < 4.78 is 1.43. The highest BCUT2D eigenvalue weighted by atomic mass is 16.4. The predicted octanol–water partition coefficient (Wildman–Crippen LogP) is 0.500. The quantitative estimate of drug-likeness (QED) is 0.822. The van der Waals surface area contributed by atoms with Gasteiger partial charge in [0, 0.05) is 0 Å². The van der Waals surface area contributed by atoms with Crippen LogP contribution in [-0.4, -0.2) is 36.7 Å². The Balaban J connectivity index is 1.99. The van der Waals surface area contributed by atoms with Gasteiger partial charge in [-0.25, -0.2) is 9.67 Å². The van der Waals surface area contributed by atoms with Crippen LogP contribution in [-0.2, 0) is 16.0 Å². The summed E-state index contributed by atoms with van der Waals surface area (Å²) in [6, 6.07) is 2.66. The third-order valence-corrected chi connectivity index (χ3v) is 2.64. The molecule has 0 radical (unpaired) electrons. The second-order valence-corrected chi connectivity index (χ2v) is 4.15. The molecule has 2 N–H and O–H groups in total. The number of carboxylic acid groups (broad SMARTS) is 1. The largest absolute Gasteiger partial charge is 0.481 e. The lowest BCUT2D eigenvalue weighted by molar-refractivity contribution is -0.136. The number of rotatable bonds is 5. The van der Waals surface area contributed by atoms with Gasteiger partial charge in [0.05, 0.1) is 24.0 Å². The number of nitrogens with one attached hydrogen (secondary N) is 1. The number of nitrogens with zero attached hydrogens (tertiary/aromatic N) is 4. The Hall–Kier alpha value is -2.77. The number of carboxylic acids is 1. The van der Waals surface area contributed by atoms with E-state index in [4.69, 9.17) is 5.11 Å². The number of carbonyl (C=O) groups is 2. The molecule has 20 heavy (non-hydrogen) atoms. The van der Waals surface area contributed by atoms with Gasteiger partial charge >= 0.3 is 5.97 Å². The van der Waals surface area contributed by atoms with Crippen molar-refractivity contribution in [3.63, 3.8) is 0 Å². The van der Waals surface area contributed by atoms with Crippen molar-refractivity contribution < 1.29 is 14.7 Å². The minimum absolute atomic E-state index is 0.149. The highest BCUT2D eigenvalue weighted by Gasteiger charge is 2.15. The molecule has 104 valence electrons. The van der Waals surface area contributed by atoms with Crippen molar-refractivity contribution in [2.75, 3.05) is 5.32 Å². The minimum Gasteiger partial charge on any atom is -0.481 e. The first kappa shape index (κ1) is 13.7. The fraction of sp³-hybridized carbons (Fsp3) is 0.250. The number of carbonyl (C=O) groups excluding carboxylic acids is 1. The molecular weight excluding hydrogens is 262 g/mol. The van der Waals surface area contributed by atoms with E-state index in [9.17, 15) is 9.59 Å². The first-order valence-corrected chi connectivity index (χ1v) is 5.88. The molecule has 0 spiro atoms. The number of hydrogen-bond donors (Lipinski definition) is 2. The van der Waals surface area contributed by atoms with Gasteiger partial charge in [-0.1, -0.05) is 0 Å². The molecule has 2 aromatic rings. The van der Waals surface area contributed by atoms with Gasteiger partial charge in [-0.2, -0.15) is 5.10 Å². The van der Waals surface area contributed by atoms with Crippen LogP contribution in [0.15, 0.2) is 31.0 Å². The molecule has 0 fully saturated rings. The number of aromatic nitrogens is 4. The van der Waals surface area contributed by atoms with Crippen LogP contribution in [0.5, 0.6) is 0 Å². The lowest BCUT2D eigenvalue weighted by atomic mass is 10.2.